The number of halogens is 1. The van der Waals surface area contributed by atoms with Gasteiger partial charge >= 0.3 is 0 Å². The Labute approximate surface area is 160 Å². The van der Waals surface area contributed by atoms with Crippen molar-refractivity contribution < 1.29 is 14.3 Å². The van der Waals surface area contributed by atoms with E-state index in [2.05, 4.69) is 10.2 Å². The number of methoxy groups -OCH3 is 1. The third kappa shape index (κ3) is 5.64. The number of anilines is 1. The molecule has 1 aliphatic heterocycles. The van der Waals surface area contributed by atoms with Crippen LogP contribution in [0.2, 0.25) is 11.3 Å². The molecule has 0 saturated carbocycles. The molecule has 1 heterocycles. The molecule has 0 radical (unpaired) electrons. The highest BCUT2D eigenvalue weighted by molar-refractivity contribution is 6.33. The van der Waals surface area contributed by atoms with Crippen LogP contribution in [-0.4, -0.2) is 57.7 Å². The third-order valence-corrected chi connectivity index (χ3v) is 5.25. The molecular formula is C18H27BClN3O3. The molecule has 0 bridgehead atoms. The fourth-order valence-corrected chi connectivity index (χ4v) is 3.29. The van der Waals surface area contributed by atoms with Crippen molar-refractivity contribution in [2.75, 3.05) is 39.0 Å². The standard InChI is InChI=1S/C18H27BClN3O3/c1-26-17-9-16(21)15(20)8-14(17)18(25)22-11-12-2-5-23(6-3-12)7-4-13(24)10-19/h8-9,12H,2-7,10-11,19,21H2,1H3,(H,22,25). The molecule has 0 spiro atoms. The lowest BCUT2D eigenvalue weighted by Crippen LogP contribution is -2.39. The molecule has 1 amide bonds. The number of nitrogens with zero attached hydrogens (tertiary/aromatic N) is 1. The van der Waals surface area contributed by atoms with Gasteiger partial charge in [-0.2, -0.15) is 0 Å². The number of nitrogen functional groups attached to an aromatic ring is 1. The maximum absolute atomic E-state index is 12.5. The molecule has 1 aliphatic rings. The highest BCUT2D eigenvalue weighted by Crippen LogP contribution is 2.29. The van der Waals surface area contributed by atoms with Crippen LogP contribution < -0.4 is 15.8 Å². The van der Waals surface area contributed by atoms with Crippen LogP contribution in [0.1, 0.15) is 29.6 Å². The van der Waals surface area contributed by atoms with E-state index in [1.807, 2.05) is 7.85 Å². The highest BCUT2D eigenvalue weighted by Gasteiger charge is 2.21. The molecule has 1 aromatic rings. The smallest absolute Gasteiger partial charge is 0.255 e. The zero-order valence-electron chi connectivity index (χ0n) is 15.5. The lowest BCUT2D eigenvalue weighted by Gasteiger charge is -2.31. The average molecular weight is 380 g/mol. The highest BCUT2D eigenvalue weighted by atomic mass is 35.5. The van der Waals surface area contributed by atoms with Gasteiger partial charge in [0.1, 0.15) is 19.4 Å². The number of hydrogen-bond donors (Lipinski definition) is 2. The molecular weight excluding hydrogens is 352 g/mol. The van der Waals surface area contributed by atoms with Gasteiger partial charge in [-0.1, -0.05) is 11.6 Å². The van der Waals surface area contributed by atoms with Crippen molar-refractivity contribution in [3.8, 4) is 5.75 Å². The number of ketones is 1. The number of ether oxygens (including phenoxy) is 1. The van der Waals surface area contributed by atoms with Crippen molar-refractivity contribution in [3.63, 3.8) is 0 Å². The minimum Gasteiger partial charge on any atom is -0.496 e. The van der Waals surface area contributed by atoms with Gasteiger partial charge in [0, 0.05) is 25.6 Å². The Kier molecular flexibility index (Phi) is 7.78. The van der Waals surface area contributed by atoms with Crippen LogP contribution in [0.15, 0.2) is 12.1 Å². The van der Waals surface area contributed by atoms with Crippen molar-refractivity contribution in [1.82, 2.24) is 10.2 Å². The van der Waals surface area contributed by atoms with E-state index in [4.69, 9.17) is 22.1 Å². The Hall–Kier alpha value is -1.73. The van der Waals surface area contributed by atoms with Gasteiger partial charge in [0.15, 0.2) is 0 Å². The zero-order chi connectivity index (χ0) is 19.1. The quantitative estimate of drug-likeness (QED) is 0.526. The number of piperidine rings is 1. The predicted octanol–water partition coefficient (Wildman–Crippen LogP) is 1.38. The number of Topliss-reactive ketones (excluding diaryl/α,β-unsaturated/α-hetero) is 1. The van der Waals surface area contributed by atoms with Crippen molar-refractivity contribution >= 4 is 36.8 Å². The summed E-state index contributed by atoms with van der Waals surface area (Å²) >= 11 is 6.02. The molecule has 0 aliphatic carbocycles. The number of carbonyl (C=O) groups is 2. The number of nitrogens with two attached hydrogens (primary N) is 1. The summed E-state index contributed by atoms with van der Waals surface area (Å²) in [6, 6.07) is 3.10. The number of nitrogens with one attached hydrogen (secondary N) is 1. The summed E-state index contributed by atoms with van der Waals surface area (Å²) in [5.74, 6) is 0.961. The van der Waals surface area contributed by atoms with Crippen LogP contribution >= 0.6 is 11.6 Å². The monoisotopic (exact) mass is 379 g/mol. The van der Waals surface area contributed by atoms with Crippen LogP contribution in [0.4, 0.5) is 5.69 Å². The predicted molar refractivity (Wildman–Crippen MR) is 107 cm³/mol. The lowest BCUT2D eigenvalue weighted by atomic mass is 9.95. The number of likely N-dealkylation sites (tertiary alicyclic amines) is 1. The van der Waals surface area contributed by atoms with E-state index < -0.39 is 0 Å². The van der Waals surface area contributed by atoms with Crippen molar-refractivity contribution in [2.45, 2.75) is 25.6 Å². The summed E-state index contributed by atoms with van der Waals surface area (Å²) in [6.07, 6.45) is 3.27. The number of rotatable bonds is 8. The first kappa shape index (κ1) is 20.6. The van der Waals surface area contributed by atoms with E-state index in [1.165, 1.54) is 7.11 Å². The number of benzene rings is 1. The van der Waals surface area contributed by atoms with Crippen LogP contribution in [-0.2, 0) is 4.79 Å². The molecule has 0 atom stereocenters. The Morgan fingerprint density at radius 3 is 2.69 bits per heavy atom. The molecule has 3 N–H and O–H groups in total. The van der Waals surface area contributed by atoms with Gasteiger partial charge in [-0.25, -0.2) is 0 Å². The lowest BCUT2D eigenvalue weighted by molar-refractivity contribution is -0.117. The number of carbonyl (C=O) groups excluding carboxylic acids is 2. The van der Waals surface area contributed by atoms with Gasteiger partial charge in [-0.15, -0.1) is 0 Å². The van der Waals surface area contributed by atoms with E-state index in [9.17, 15) is 9.59 Å². The summed E-state index contributed by atoms with van der Waals surface area (Å²) in [5.41, 5.74) is 6.53. The molecule has 0 aromatic heterocycles. The van der Waals surface area contributed by atoms with Crippen LogP contribution in [0.25, 0.3) is 0 Å². The van der Waals surface area contributed by atoms with E-state index >= 15 is 0 Å². The minimum atomic E-state index is -0.209. The summed E-state index contributed by atoms with van der Waals surface area (Å²) in [5, 5.41) is 3.31. The van der Waals surface area contributed by atoms with E-state index in [0.717, 1.165) is 32.5 Å². The van der Waals surface area contributed by atoms with Crippen molar-refractivity contribution in [2.24, 2.45) is 5.92 Å². The molecule has 2 rings (SSSR count). The van der Waals surface area contributed by atoms with Gasteiger partial charge < -0.3 is 25.5 Å². The van der Waals surface area contributed by atoms with Crippen molar-refractivity contribution in [1.29, 1.82) is 0 Å². The van der Waals surface area contributed by atoms with Gasteiger partial charge in [0.05, 0.1) is 23.4 Å². The maximum Gasteiger partial charge on any atom is 0.255 e. The topological polar surface area (TPSA) is 84.7 Å². The fraction of sp³-hybridized carbons (Fsp3) is 0.556. The normalized spacial score (nSPS) is 15.6. The molecule has 142 valence electrons. The van der Waals surface area contributed by atoms with E-state index in [1.54, 1.807) is 12.1 Å². The molecule has 0 unspecified atom stereocenters. The van der Waals surface area contributed by atoms with Crippen molar-refractivity contribution in [3.05, 3.63) is 22.7 Å². The molecule has 1 saturated heterocycles. The molecule has 26 heavy (non-hydrogen) atoms. The Balaban J connectivity index is 1.80. The van der Waals surface area contributed by atoms with E-state index in [0.29, 0.717) is 53.0 Å². The zero-order valence-corrected chi connectivity index (χ0v) is 16.3. The summed E-state index contributed by atoms with van der Waals surface area (Å²) in [7, 11) is 3.40. The van der Waals surface area contributed by atoms with Gasteiger partial charge in [-0.05, 0) is 44.2 Å². The Morgan fingerprint density at radius 1 is 1.38 bits per heavy atom. The molecule has 8 heteroatoms. The number of hydrogen-bond acceptors (Lipinski definition) is 5. The molecule has 6 nitrogen and oxygen atoms in total. The van der Waals surface area contributed by atoms with Gasteiger partial charge in [0.2, 0.25) is 0 Å². The Morgan fingerprint density at radius 2 is 2.08 bits per heavy atom. The van der Waals surface area contributed by atoms with Gasteiger partial charge in [0.25, 0.3) is 5.91 Å². The first-order chi connectivity index (χ1) is 12.4. The largest absolute Gasteiger partial charge is 0.496 e. The SMILES string of the molecule is BCC(=O)CCN1CCC(CNC(=O)c2cc(Cl)c(N)cc2OC)CC1. The first-order valence-electron chi connectivity index (χ1n) is 9.09. The summed E-state index contributed by atoms with van der Waals surface area (Å²) in [4.78, 5) is 26.2. The minimum absolute atomic E-state index is 0.209. The summed E-state index contributed by atoms with van der Waals surface area (Å²) < 4.78 is 5.23. The second-order valence-electron chi connectivity index (χ2n) is 6.71. The number of amides is 1. The fourth-order valence-electron chi connectivity index (χ4n) is 3.12. The van der Waals surface area contributed by atoms with E-state index in [-0.39, 0.29) is 5.91 Å². The van der Waals surface area contributed by atoms with Gasteiger partial charge in [-0.3, -0.25) is 4.79 Å². The molecule has 1 fully saturated rings. The Bertz CT molecular complexity index is 649. The van der Waals surface area contributed by atoms with Crippen LogP contribution in [0.3, 0.4) is 0 Å². The maximum atomic E-state index is 12.5. The first-order valence-corrected chi connectivity index (χ1v) is 9.47. The molecule has 1 aromatic carbocycles. The summed E-state index contributed by atoms with van der Waals surface area (Å²) in [6.45, 7) is 3.39. The average Bonchev–Trinajstić information content (AvgIpc) is 2.66. The van der Waals surface area contributed by atoms with Crippen LogP contribution in [0.5, 0.6) is 5.75 Å². The second-order valence-corrected chi connectivity index (χ2v) is 7.12. The second kappa shape index (κ2) is 9.83. The third-order valence-electron chi connectivity index (χ3n) is 4.92. The van der Waals surface area contributed by atoms with Crippen LogP contribution in [0, 0.1) is 5.92 Å².